The Morgan fingerprint density at radius 3 is 2.56 bits per heavy atom. The molecule has 1 saturated carbocycles. The molecule has 0 spiro atoms. The molecule has 3 unspecified atom stereocenters. The fourth-order valence-corrected chi connectivity index (χ4v) is 2.73. The zero-order valence-corrected chi connectivity index (χ0v) is 11.1. The molecule has 3 atom stereocenters. The SMILES string of the molecule is C#CC(CC)NC1CCCC(C(C)C)CC1. The van der Waals surface area contributed by atoms with E-state index in [4.69, 9.17) is 6.42 Å². The lowest BCUT2D eigenvalue weighted by Gasteiger charge is -2.21. The van der Waals surface area contributed by atoms with Gasteiger partial charge in [0.2, 0.25) is 0 Å². The second kappa shape index (κ2) is 6.97. The highest BCUT2D eigenvalue weighted by molar-refractivity contribution is 4.99. The van der Waals surface area contributed by atoms with Gasteiger partial charge in [0, 0.05) is 6.04 Å². The number of nitrogens with one attached hydrogen (secondary N) is 1. The predicted octanol–water partition coefficient (Wildman–Crippen LogP) is 3.59. The maximum absolute atomic E-state index is 5.50. The summed E-state index contributed by atoms with van der Waals surface area (Å²) in [6, 6.07) is 0.936. The zero-order chi connectivity index (χ0) is 12.0. The third kappa shape index (κ3) is 4.18. The van der Waals surface area contributed by atoms with Gasteiger partial charge in [0.1, 0.15) is 0 Å². The number of terminal acetylenes is 1. The van der Waals surface area contributed by atoms with Crippen LogP contribution in [0.5, 0.6) is 0 Å². The van der Waals surface area contributed by atoms with Crippen molar-refractivity contribution in [2.75, 3.05) is 0 Å². The third-order valence-corrected chi connectivity index (χ3v) is 4.00. The number of hydrogen-bond donors (Lipinski definition) is 1. The predicted molar refractivity (Wildman–Crippen MR) is 71.2 cm³/mol. The molecule has 0 bridgehead atoms. The highest BCUT2D eigenvalue weighted by atomic mass is 14.9. The van der Waals surface area contributed by atoms with Crippen molar-refractivity contribution in [3.63, 3.8) is 0 Å². The Morgan fingerprint density at radius 2 is 2.00 bits per heavy atom. The molecule has 0 saturated heterocycles. The van der Waals surface area contributed by atoms with E-state index in [1.165, 1.54) is 32.1 Å². The fraction of sp³-hybridized carbons (Fsp3) is 0.867. The van der Waals surface area contributed by atoms with Gasteiger partial charge in [0.25, 0.3) is 0 Å². The van der Waals surface area contributed by atoms with Gasteiger partial charge in [-0.2, -0.15) is 0 Å². The molecule has 1 nitrogen and oxygen atoms in total. The minimum atomic E-state index is 0.278. The maximum Gasteiger partial charge on any atom is 0.0686 e. The Kier molecular flexibility index (Phi) is 5.91. The Bertz CT molecular complexity index is 226. The summed E-state index contributed by atoms with van der Waals surface area (Å²) in [6.45, 7) is 6.87. The normalized spacial score (nSPS) is 28.4. The summed E-state index contributed by atoms with van der Waals surface area (Å²) < 4.78 is 0. The van der Waals surface area contributed by atoms with E-state index in [-0.39, 0.29) is 6.04 Å². The molecule has 1 aliphatic rings. The quantitative estimate of drug-likeness (QED) is 0.565. The molecule has 0 aliphatic heterocycles. The summed E-state index contributed by atoms with van der Waals surface area (Å²) in [6.07, 6.45) is 13.3. The van der Waals surface area contributed by atoms with Crippen LogP contribution in [0.1, 0.15) is 59.3 Å². The van der Waals surface area contributed by atoms with Gasteiger partial charge in [-0.1, -0.05) is 39.5 Å². The monoisotopic (exact) mass is 221 g/mol. The van der Waals surface area contributed by atoms with E-state index in [1.807, 2.05) is 0 Å². The maximum atomic E-state index is 5.50. The first-order valence-electron chi connectivity index (χ1n) is 6.89. The third-order valence-electron chi connectivity index (χ3n) is 4.00. The largest absolute Gasteiger partial charge is 0.301 e. The van der Waals surface area contributed by atoms with Crippen molar-refractivity contribution < 1.29 is 0 Å². The second-order valence-corrected chi connectivity index (χ2v) is 5.50. The van der Waals surface area contributed by atoms with E-state index in [1.54, 1.807) is 0 Å². The lowest BCUT2D eigenvalue weighted by molar-refractivity contribution is 0.336. The Hall–Kier alpha value is -0.480. The molecular formula is C15H27N. The standard InChI is InChI=1S/C15H27N/c1-5-14(6-2)16-15-9-7-8-13(10-11-15)12(3)4/h1,12-16H,6-11H2,2-4H3. The van der Waals surface area contributed by atoms with Crippen LogP contribution < -0.4 is 5.32 Å². The summed E-state index contributed by atoms with van der Waals surface area (Å²) in [7, 11) is 0. The molecule has 0 radical (unpaired) electrons. The van der Waals surface area contributed by atoms with Crippen LogP contribution >= 0.6 is 0 Å². The van der Waals surface area contributed by atoms with E-state index in [2.05, 4.69) is 32.0 Å². The molecule has 0 aromatic carbocycles. The minimum absolute atomic E-state index is 0.278. The number of rotatable bonds is 4. The van der Waals surface area contributed by atoms with Crippen molar-refractivity contribution in [3.05, 3.63) is 0 Å². The average Bonchev–Trinajstić information content (AvgIpc) is 2.51. The number of hydrogen-bond acceptors (Lipinski definition) is 1. The van der Waals surface area contributed by atoms with Crippen LogP contribution in [0.25, 0.3) is 0 Å². The van der Waals surface area contributed by atoms with Crippen molar-refractivity contribution in [1.29, 1.82) is 0 Å². The molecule has 0 amide bonds. The second-order valence-electron chi connectivity index (χ2n) is 5.50. The van der Waals surface area contributed by atoms with Gasteiger partial charge >= 0.3 is 0 Å². The Balaban J connectivity index is 2.38. The van der Waals surface area contributed by atoms with E-state index in [0.29, 0.717) is 6.04 Å². The van der Waals surface area contributed by atoms with Gasteiger partial charge < -0.3 is 5.32 Å². The Morgan fingerprint density at radius 1 is 1.25 bits per heavy atom. The van der Waals surface area contributed by atoms with Gasteiger partial charge in [-0.25, -0.2) is 0 Å². The minimum Gasteiger partial charge on any atom is -0.301 e. The van der Waals surface area contributed by atoms with Crippen molar-refractivity contribution in [2.45, 2.75) is 71.4 Å². The summed E-state index contributed by atoms with van der Waals surface area (Å²) in [5.74, 6) is 4.61. The van der Waals surface area contributed by atoms with Gasteiger partial charge in [-0.05, 0) is 37.5 Å². The topological polar surface area (TPSA) is 12.0 Å². The van der Waals surface area contributed by atoms with Crippen molar-refractivity contribution >= 4 is 0 Å². The van der Waals surface area contributed by atoms with Gasteiger partial charge in [0.05, 0.1) is 6.04 Å². The molecule has 0 heterocycles. The van der Waals surface area contributed by atoms with Crippen molar-refractivity contribution in [2.24, 2.45) is 11.8 Å². The summed E-state index contributed by atoms with van der Waals surface area (Å²) in [4.78, 5) is 0. The average molecular weight is 221 g/mol. The smallest absolute Gasteiger partial charge is 0.0686 e. The summed E-state index contributed by atoms with van der Waals surface area (Å²) in [5, 5.41) is 3.62. The first kappa shape index (κ1) is 13.6. The van der Waals surface area contributed by atoms with Crippen LogP contribution in [-0.4, -0.2) is 12.1 Å². The molecule has 0 aromatic rings. The summed E-state index contributed by atoms with van der Waals surface area (Å²) in [5.41, 5.74) is 0. The van der Waals surface area contributed by atoms with Crippen LogP contribution in [0.3, 0.4) is 0 Å². The molecule has 1 rings (SSSR count). The lowest BCUT2D eigenvalue weighted by atomic mass is 9.89. The first-order chi connectivity index (χ1) is 7.67. The Labute approximate surface area is 101 Å². The highest BCUT2D eigenvalue weighted by Crippen LogP contribution is 2.28. The van der Waals surface area contributed by atoms with E-state index in [9.17, 15) is 0 Å². The molecular weight excluding hydrogens is 194 g/mol. The van der Waals surface area contributed by atoms with Gasteiger partial charge in [0.15, 0.2) is 0 Å². The molecule has 1 N–H and O–H groups in total. The molecule has 1 fully saturated rings. The van der Waals surface area contributed by atoms with Crippen LogP contribution in [-0.2, 0) is 0 Å². The zero-order valence-electron chi connectivity index (χ0n) is 11.1. The first-order valence-corrected chi connectivity index (χ1v) is 6.89. The molecule has 92 valence electrons. The van der Waals surface area contributed by atoms with Gasteiger partial charge in [-0.15, -0.1) is 6.42 Å². The van der Waals surface area contributed by atoms with Crippen LogP contribution in [0, 0.1) is 24.2 Å². The van der Waals surface area contributed by atoms with Crippen LogP contribution in [0.15, 0.2) is 0 Å². The highest BCUT2D eigenvalue weighted by Gasteiger charge is 2.21. The summed E-state index contributed by atoms with van der Waals surface area (Å²) >= 11 is 0. The van der Waals surface area contributed by atoms with E-state index >= 15 is 0 Å². The lowest BCUT2D eigenvalue weighted by Crippen LogP contribution is -2.36. The van der Waals surface area contributed by atoms with Crippen molar-refractivity contribution in [1.82, 2.24) is 5.32 Å². The van der Waals surface area contributed by atoms with Crippen LogP contribution in [0.4, 0.5) is 0 Å². The van der Waals surface area contributed by atoms with E-state index in [0.717, 1.165) is 18.3 Å². The van der Waals surface area contributed by atoms with Gasteiger partial charge in [-0.3, -0.25) is 0 Å². The molecule has 0 aromatic heterocycles. The van der Waals surface area contributed by atoms with E-state index < -0.39 is 0 Å². The molecule has 1 aliphatic carbocycles. The van der Waals surface area contributed by atoms with Crippen molar-refractivity contribution in [3.8, 4) is 12.3 Å². The molecule has 16 heavy (non-hydrogen) atoms. The fourth-order valence-electron chi connectivity index (χ4n) is 2.73. The van der Waals surface area contributed by atoms with Crippen LogP contribution in [0.2, 0.25) is 0 Å². The molecule has 1 heteroatoms.